The minimum atomic E-state index is -0.331. The van der Waals surface area contributed by atoms with Crippen LogP contribution in [0.25, 0.3) is 0 Å². The lowest BCUT2D eigenvalue weighted by Gasteiger charge is -2.47. The smallest absolute Gasteiger partial charge is 0.255 e. The molecule has 3 heterocycles. The number of hydrogen-bond acceptors (Lipinski definition) is 3. The van der Waals surface area contributed by atoms with Gasteiger partial charge in [0.05, 0.1) is 17.1 Å². The molecule has 2 saturated heterocycles. The van der Waals surface area contributed by atoms with E-state index in [2.05, 4.69) is 29.4 Å². The third-order valence-electron chi connectivity index (χ3n) is 6.07. The summed E-state index contributed by atoms with van der Waals surface area (Å²) in [6, 6.07) is 14.1. The predicted molar refractivity (Wildman–Crippen MR) is 108 cm³/mol. The molecule has 5 heteroatoms. The zero-order valence-electron chi connectivity index (χ0n) is 16.4. The van der Waals surface area contributed by atoms with Gasteiger partial charge in [-0.1, -0.05) is 30.3 Å². The van der Waals surface area contributed by atoms with Crippen LogP contribution in [0.15, 0.2) is 48.7 Å². The lowest BCUT2D eigenvalue weighted by Crippen LogP contribution is -2.63. The maximum atomic E-state index is 13.2. The van der Waals surface area contributed by atoms with Gasteiger partial charge in [-0.05, 0) is 50.3 Å². The van der Waals surface area contributed by atoms with Crippen molar-refractivity contribution in [1.82, 2.24) is 15.2 Å². The summed E-state index contributed by atoms with van der Waals surface area (Å²) in [5.74, 6) is 0.122. The quantitative estimate of drug-likeness (QED) is 0.892. The van der Waals surface area contributed by atoms with Gasteiger partial charge in [-0.25, -0.2) is 0 Å². The molecule has 2 fully saturated rings. The van der Waals surface area contributed by atoms with Gasteiger partial charge in [0.1, 0.15) is 0 Å². The molecule has 2 aliphatic heterocycles. The van der Waals surface area contributed by atoms with Crippen LogP contribution in [0.4, 0.5) is 0 Å². The summed E-state index contributed by atoms with van der Waals surface area (Å²) in [6.45, 7) is 2.82. The van der Waals surface area contributed by atoms with E-state index in [4.69, 9.17) is 0 Å². The van der Waals surface area contributed by atoms with E-state index in [1.54, 1.807) is 6.20 Å². The van der Waals surface area contributed by atoms with Crippen molar-refractivity contribution in [2.24, 2.45) is 0 Å². The largest absolute Gasteiger partial charge is 0.349 e. The Morgan fingerprint density at radius 1 is 1.21 bits per heavy atom. The number of carbonyl (C=O) groups is 2. The van der Waals surface area contributed by atoms with Crippen molar-refractivity contribution in [3.8, 4) is 0 Å². The summed E-state index contributed by atoms with van der Waals surface area (Å²) >= 11 is 0. The molecule has 0 saturated carbocycles. The molecule has 1 aromatic carbocycles. The molecule has 1 N–H and O–H groups in total. The molecule has 2 atom stereocenters. The van der Waals surface area contributed by atoms with Crippen LogP contribution in [0.2, 0.25) is 0 Å². The van der Waals surface area contributed by atoms with Gasteiger partial charge in [0.15, 0.2) is 0 Å². The summed E-state index contributed by atoms with van der Waals surface area (Å²) in [5, 5.41) is 3.18. The van der Waals surface area contributed by atoms with Crippen molar-refractivity contribution >= 4 is 11.8 Å². The van der Waals surface area contributed by atoms with E-state index < -0.39 is 0 Å². The molecule has 5 nitrogen and oxygen atoms in total. The molecule has 28 heavy (non-hydrogen) atoms. The Morgan fingerprint density at radius 3 is 2.79 bits per heavy atom. The summed E-state index contributed by atoms with van der Waals surface area (Å²) in [6.07, 6.45) is 6.50. The maximum absolute atomic E-state index is 13.2. The monoisotopic (exact) mass is 377 g/mol. The van der Waals surface area contributed by atoms with Crippen LogP contribution >= 0.6 is 0 Å². The number of piperidine rings is 1. The molecular formula is C23H27N3O2. The minimum absolute atomic E-state index is 0.0193. The van der Waals surface area contributed by atoms with E-state index in [0.717, 1.165) is 44.3 Å². The molecule has 0 spiro atoms. The van der Waals surface area contributed by atoms with Gasteiger partial charge in [0.2, 0.25) is 5.91 Å². The third kappa shape index (κ3) is 3.79. The summed E-state index contributed by atoms with van der Waals surface area (Å²) in [4.78, 5) is 31.8. The van der Waals surface area contributed by atoms with Gasteiger partial charge < -0.3 is 10.2 Å². The SMILES string of the molecule is C[C@]12CCCN(C(=O)c3ccc(Cc4ccccc4)nc3)[C@H]1CCCC(=O)N2. The van der Waals surface area contributed by atoms with Crippen LogP contribution in [0.5, 0.6) is 0 Å². The molecule has 0 radical (unpaired) electrons. The lowest BCUT2D eigenvalue weighted by atomic mass is 9.81. The Balaban J connectivity index is 1.51. The Bertz CT molecular complexity index is 850. The summed E-state index contributed by atoms with van der Waals surface area (Å²) < 4.78 is 0. The maximum Gasteiger partial charge on any atom is 0.255 e. The molecule has 146 valence electrons. The van der Waals surface area contributed by atoms with E-state index in [9.17, 15) is 9.59 Å². The van der Waals surface area contributed by atoms with Crippen LogP contribution in [-0.2, 0) is 11.2 Å². The van der Waals surface area contributed by atoms with Crippen LogP contribution < -0.4 is 5.32 Å². The Labute approximate surface area is 166 Å². The van der Waals surface area contributed by atoms with E-state index in [-0.39, 0.29) is 23.4 Å². The van der Waals surface area contributed by atoms with Gasteiger partial charge in [0, 0.05) is 31.3 Å². The highest BCUT2D eigenvalue weighted by Gasteiger charge is 2.45. The first kappa shape index (κ1) is 18.7. The number of likely N-dealkylation sites (tertiary alicyclic amines) is 1. The fraction of sp³-hybridized carbons (Fsp3) is 0.435. The summed E-state index contributed by atoms with van der Waals surface area (Å²) in [7, 11) is 0. The van der Waals surface area contributed by atoms with Gasteiger partial charge in [-0.3, -0.25) is 14.6 Å². The molecule has 2 aliphatic rings. The fourth-order valence-electron chi connectivity index (χ4n) is 4.61. The second-order valence-electron chi connectivity index (χ2n) is 8.18. The topological polar surface area (TPSA) is 62.3 Å². The van der Waals surface area contributed by atoms with E-state index in [1.807, 2.05) is 35.2 Å². The average Bonchev–Trinajstić information content (AvgIpc) is 2.85. The molecule has 0 bridgehead atoms. The number of benzene rings is 1. The van der Waals surface area contributed by atoms with E-state index in [0.29, 0.717) is 12.0 Å². The van der Waals surface area contributed by atoms with Gasteiger partial charge in [-0.2, -0.15) is 0 Å². The van der Waals surface area contributed by atoms with Crippen molar-refractivity contribution in [3.05, 3.63) is 65.5 Å². The van der Waals surface area contributed by atoms with E-state index in [1.165, 1.54) is 5.56 Å². The number of aromatic nitrogens is 1. The minimum Gasteiger partial charge on any atom is -0.349 e. The molecule has 0 aliphatic carbocycles. The molecular weight excluding hydrogens is 350 g/mol. The normalized spacial score (nSPS) is 24.8. The Hall–Kier alpha value is -2.69. The van der Waals surface area contributed by atoms with Crippen molar-refractivity contribution in [2.45, 2.75) is 57.0 Å². The van der Waals surface area contributed by atoms with Crippen LogP contribution in [0.1, 0.15) is 60.6 Å². The van der Waals surface area contributed by atoms with Crippen LogP contribution in [-0.4, -0.2) is 39.8 Å². The highest BCUT2D eigenvalue weighted by molar-refractivity contribution is 5.94. The number of nitrogens with zero attached hydrogens (tertiary/aromatic N) is 2. The molecule has 2 aromatic rings. The lowest BCUT2D eigenvalue weighted by molar-refractivity contribution is -0.123. The predicted octanol–water partition coefficient (Wildman–Crippen LogP) is 3.34. The van der Waals surface area contributed by atoms with Crippen LogP contribution in [0, 0.1) is 0 Å². The second kappa shape index (κ2) is 7.74. The van der Waals surface area contributed by atoms with Crippen molar-refractivity contribution in [2.75, 3.05) is 6.54 Å². The average molecular weight is 377 g/mol. The summed E-state index contributed by atoms with van der Waals surface area (Å²) in [5.41, 5.74) is 2.45. The molecule has 1 aromatic heterocycles. The number of carbonyl (C=O) groups excluding carboxylic acids is 2. The zero-order chi connectivity index (χ0) is 19.6. The number of hydrogen-bond donors (Lipinski definition) is 1. The zero-order valence-corrected chi connectivity index (χ0v) is 16.4. The Kier molecular flexibility index (Phi) is 5.16. The van der Waals surface area contributed by atoms with Gasteiger partial charge >= 0.3 is 0 Å². The number of fused-ring (bicyclic) bond motifs is 1. The first-order chi connectivity index (χ1) is 13.5. The third-order valence-corrected chi connectivity index (χ3v) is 6.07. The highest BCUT2D eigenvalue weighted by atomic mass is 16.2. The highest BCUT2D eigenvalue weighted by Crippen LogP contribution is 2.34. The molecule has 0 unspecified atom stereocenters. The van der Waals surface area contributed by atoms with Crippen molar-refractivity contribution in [1.29, 1.82) is 0 Å². The van der Waals surface area contributed by atoms with Crippen molar-refractivity contribution < 1.29 is 9.59 Å². The molecule has 2 amide bonds. The number of amides is 2. The van der Waals surface area contributed by atoms with Gasteiger partial charge in [0.25, 0.3) is 5.91 Å². The number of rotatable bonds is 3. The van der Waals surface area contributed by atoms with Crippen molar-refractivity contribution in [3.63, 3.8) is 0 Å². The van der Waals surface area contributed by atoms with Crippen LogP contribution in [0.3, 0.4) is 0 Å². The number of pyridine rings is 1. The fourth-order valence-corrected chi connectivity index (χ4v) is 4.61. The first-order valence-electron chi connectivity index (χ1n) is 10.2. The van der Waals surface area contributed by atoms with Gasteiger partial charge in [-0.15, -0.1) is 0 Å². The Morgan fingerprint density at radius 2 is 2.04 bits per heavy atom. The standard InChI is InChI=1S/C23H27N3O2/c1-23-13-6-14-26(20(23)9-5-10-21(27)25-23)22(28)18-11-12-19(24-16-18)15-17-7-3-2-4-8-17/h2-4,7-8,11-12,16,20H,5-6,9-10,13-15H2,1H3,(H,25,27)/t20-,23-/m0/s1. The first-order valence-corrected chi connectivity index (χ1v) is 10.2. The number of nitrogens with one attached hydrogen (secondary N) is 1. The molecule has 4 rings (SSSR count). The van der Waals surface area contributed by atoms with E-state index >= 15 is 0 Å². The second-order valence-corrected chi connectivity index (χ2v) is 8.18.